The Hall–Kier alpha value is -2.35. The zero-order valence-corrected chi connectivity index (χ0v) is 24.5. The van der Waals surface area contributed by atoms with Crippen LogP contribution in [0.4, 0.5) is 4.39 Å². The number of Topliss-reactive ketones (excluding diaryl/α,β-unsaturated/α-hetero) is 1. The second kappa shape index (κ2) is 9.85. The maximum atomic E-state index is 17.6. The molecule has 41 heavy (non-hydrogen) atoms. The van der Waals surface area contributed by atoms with E-state index in [4.69, 9.17) is 9.47 Å². The molecule has 0 saturated heterocycles. The van der Waals surface area contributed by atoms with Gasteiger partial charge in [0.25, 0.3) is 0 Å². The van der Waals surface area contributed by atoms with Crippen LogP contribution in [-0.2, 0) is 28.7 Å². The normalized spacial score (nSPS) is 43.8. The molecule has 5 saturated carbocycles. The average Bonchev–Trinajstić information content (AvgIpc) is 3.77. The van der Waals surface area contributed by atoms with Crippen molar-refractivity contribution < 1.29 is 38.1 Å². The van der Waals surface area contributed by atoms with E-state index in [0.717, 1.165) is 32.1 Å². The molecule has 0 bridgehead atoms. The van der Waals surface area contributed by atoms with Gasteiger partial charge in [0.05, 0.1) is 17.9 Å². The zero-order chi connectivity index (χ0) is 29.4. The number of aliphatic hydroxyl groups is 1. The number of fused-ring (bicyclic) bond motifs is 5. The molecule has 0 aromatic rings. The number of esters is 2. The maximum Gasteiger partial charge on any atom is 0.309 e. The monoisotopic (exact) mass is 570 g/mol. The van der Waals surface area contributed by atoms with Crippen LogP contribution in [-0.4, -0.2) is 52.6 Å². The van der Waals surface area contributed by atoms with Gasteiger partial charge < -0.3 is 14.6 Å². The zero-order valence-electron chi connectivity index (χ0n) is 24.5. The molecule has 0 spiro atoms. The number of rotatable bonds is 6. The summed E-state index contributed by atoms with van der Waals surface area (Å²) in [6.07, 6.45) is 10.2. The number of hydrogen-bond acceptors (Lipinski definition) is 7. The highest BCUT2D eigenvalue weighted by atomic mass is 19.1. The van der Waals surface area contributed by atoms with Gasteiger partial charge in [-0.1, -0.05) is 44.8 Å². The van der Waals surface area contributed by atoms with Crippen LogP contribution in [0.1, 0.15) is 91.4 Å². The van der Waals surface area contributed by atoms with Crippen LogP contribution in [0, 0.1) is 40.4 Å². The van der Waals surface area contributed by atoms with Crippen molar-refractivity contribution >= 4 is 23.5 Å². The Kier molecular flexibility index (Phi) is 6.91. The number of ketones is 2. The Morgan fingerprint density at radius 1 is 1.00 bits per heavy atom. The Bertz CT molecular complexity index is 1210. The lowest BCUT2D eigenvalue weighted by molar-refractivity contribution is -0.229. The van der Waals surface area contributed by atoms with Gasteiger partial charge in [-0.2, -0.15) is 0 Å². The molecule has 0 aromatic carbocycles. The third kappa shape index (κ3) is 4.05. The summed E-state index contributed by atoms with van der Waals surface area (Å²) in [6.45, 7) is 4.98. The first-order valence-electron chi connectivity index (χ1n) is 15.6. The Morgan fingerprint density at radius 2 is 1.68 bits per heavy atom. The SMILES string of the molecule is C[C@@H]1C[C@H]2[C@@H]3CCC4=CC(=O)C=C[C@@]4(C)[C@]3(F)[C@@H](O)C[C@@]2(C)[C@@]1(OC(=O)C1CC1)C(=O)COC(=O)C1CCCCC1. The number of aliphatic hydroxyl groups excluding tert-OH is 1. The van der Waals surface area contributed by atoms with Crippen LogP contribution in [0.25, 0.3) is 0 Å². The fourth-order valence-corrected chi connectivity index (χ4v) is 9.66. The van der Waals surface area contributed by atoms with E-state index in [2.05, 4.69) is 0 Å². The summed E-state index contributed by atoms with van der Waals surface area (Å²) in [5.74, 6) is -3.40. The van der Waals surface area contributed by atoms with Gasteiger partial charge in [0, 0.05) is 22.7 Å². The van der Waals surface area contributed by atoms with Crippen LogP contribution in [0.15, 0.2) is 23.8 Å². The van der Waals surface area contributed by atoms with Gasteiger partial charge in [-0.3, -0.25) is 19.2 Å². The smallest absolute Gasteiger partial charge is 0.309 e. The largest absolute Gasteiger partial charge is 0.457 e. The molecule has 0 aromatic heterocycles. The van der Waals surface area contributed by atoms with E-state index >= 15 is 4.39 Å². The van der Waals surface area contributed by atoms with Gasteiger partial charge in [0.15, 0.2) is 23.7 Å². The summed E-state index contributed by atoms with van der Waals surface area (Å²) in [6, 6.07) is 0. The number of allylic oxidation sites excluding steroid dienone is 4. The lowest BCUT2D eigenvalue weighted by atomic mass is 9.44. The first-order chi connectivity index (χ1) is 19.4. The Balaban J connectivity index is 1.35. The second-order valence-electron chi connectivity index (χ2n) is 14.2. The summed E-state index contributed by atoms with van der Waals surface area (Å²) in [5, 5.41) is 11.7. The highest BCUT2D eigenvalue weighted by Crippen LogP contribution is 2.71. The molecular weight excluding hydrogens is 527 g/mol. The highest BCUT2D eigenvalue weighted by molar-refractivity contribution is 6.01. The average molecular weight is 571 g/mol. The molecule has 8 atom stereocenters. The molecule has 5 fully saturated rings. The number of carbonyl (C=O) groups excluding carboxylic acids is 4. The van der Waals surface area contributed by atoms with Crippen molar-refractivity contribution in [2.45, 2.75) is 109 Å². The van der Waals surface area contributed by atoms with Gasteiger partial charge in [0.2, 0.25) is 5.78 Å². The first-order valence-corrected chi connectivity index (χ1v) is 15.6. The summed E-state index contributed by atoms with van der Waals surface area (Å²) >= 11 is 0. The highest BCUT2D eigenvalue weighted by Gasteiger charge is 2.77. The van der Waals surface area contributed by atoms with Gasteiger partial charge in [0.1, 0.15) is 0 Å². The van der Waals surface area contributed by atoms with Crippen molar-refractivity contribution in [1.29, 1.82) is 0 Å². The number of halogens is 1. The molecule has 8 heteroatoms. The van der Waals surface area contributed by atoms with E-state index in [1.807, 2.05) is 13.8 Å². The van der Waals surface area contributed by atoms with Crippen molar-refractivity contribution in [2.75, 3.05) is 6.61 Å². The number of alkyl halides is 1. The van der Waals surface area contributed by atoms with Crippen LogP contribution >= 0.6 is 0 Å². The Labute approximate surface area is 241 Å². The van der Waals surface area contributed by atoms with Crippen molar-refractivity contribution in [3.05, 3.63) is 23.8 Å². The van der Waals surface area contributed by atoms with Gasteiger partial charge in [-0.15, -0.1) is 0 Å². The predicted molar refractivity (Wildman–Crippen MR) is 147 cm³/mol. The molecule has 0 unspecified atom stereocenters. The maximum absolute atomic E-state index is 17.6. The molecule has 6 aliphatic rings. The van der Waals surface area contributed by atoms with E-state index in [1.54, 1.807) is 13.0 Å². The van der Waals surface area contributed by atoms with Crippen LogP contribution in [0.3, 0.4) is 0 Å². The number of ether oxygens (including phenoxy) is 2. The molecular formula is C33H43FO7. The minimum atomic E-state index is -2.05. The van der Waals surface area contributed by atoms with E-state index < -0.39 is 64.4 Å². The molecule has 0 amide bonds. The van der Waals surface area contributed by atoms with E-state index in [-0.39, 0.29) is 30.0 Å². The molecule has 7 nitrogen and oxygen atoms in total. The minimum absolute atomic E-state index is 0.0834. The topological polar surface area (TPSA) is 107 Å². The van der Waals surface area contributed by atoms with Crippen molar-refractivity contribution in [1.82, 2.24) is 0 Å². The predicted octanol–water partition coefficient (Wildman–Crippen LogP) is 4.99. The number of carbonyl (C=O) groups is 4. The first kappa shape index (κ1) is 28.8. The second-order valence-corrected chi connectivity index (χ2v) is 14.2. The summed E-state index contributed by atoms with van der Waals surface area (Å²) in [5.41, 5.74) is -5.21. The molecule has 1 N–H and O–H groups in total. The van der Waals surface area contributed by atoms with Crippen LogP contribution in [0.5, 0.6) is 0 Å². The minimum Gasteiger partial charge on any atom is -0.457 e. The molecule has 0 heterocycles. The number of hydrogen-bond donors (Lipinski definition) is 1. The van der Waals surface area contributed by atoms with Crippen LogP contribution in [0.2, 0.25) is 0 Å². The molecule has 224 valence electrons. The summed E-state index contributed by atoms with van der Waals surface area (Å²) < 4.78 is 29.5. The van der Waals surface area contributed by atoms with Crippen LogP contribution < -0.4 is 0 Å². The summed E-state index contributed by atoms with van der Waals surface area (Å²) in [4.78, 5) is 52.6. The third-order valence-electron chi connectivity index (χ3n) is 12.1. The standard InChI is InChI=1S/C33H43FO7/c1-19-15-25-24-12-11-22-16-23(35)13-14-30(22,2)32(24,34)26(36)17-31(25,3)33(19,41-29(39)21-9-10-21)27(37)18-40-28(38)20-7-5-4-6-8-20/h13-14,16,19-21,24-26,36H,4-12,15,17-18H2,1-3H3/t19-,24+,25+,26+,30-,31-,32-,33+/m1/s1. The fraction of sp³-hybridized carbons (Fsp3) is 0.758. The molecule has 6 aliphatic carbocycles. The summed E-state index contributed by atoms with van der Waals surface area (Å²) in [7, 11) is 0. The molecule has 6 rings (SSSR count). The lowest BCUT2D eigenvalue weighted by Gasteiger charge is -2.62. The van der Waals surface area contributed by atoms with Crippen molar-refractivity contribution in [2.24, 2.45) is 40.4 Å². The lowest BCUT2D eigenvalue weighted by Crippen LogP contribution is -2.70. The Morgan fingerprint density at radius 3 is 2.37 bits per heavy atom. The van der Waals surface area contributed by atoms with Gasteiger partial charge >= 0.3 is 11.9 Å². The van der Waals surface area contributed by atoms with Crippen molar-refractivity contribution in [3.8, 4) is 0 Å². The van der Waals surface area contributed by atoms with Crippen molar-refractivity contribution in [3.63, 3.8) is 0 Å². The van der Waals surface area contributed by atoms with E-state index in [1.165, 1.54) is 12.2 Å². The molecule has 0 radical (unpaired) electrons. The van der Waals surface area contributed by atoms with Gasteiger partial charge in [-0.25, -0.2) is 4.39 Å². The fourth-order valence-electron chi connectivity index (χ4n) is 9.66. The third-order valence-corrected chi connectivity index (χ3v) is 12.1. The van der Waals surface area contributed by atoms with Gasteiger partial charge in [-0.05, 0) is 76.4 Å². The van der Waals surface area contributed by atoms with E-state index in [9.17, 15) is 24.3 Å². The van der Waals surface area contributed by atoms with E-state index in [0.29, 0.717) is 37.7 Å². The quantitative estimate of drug-likeness (QED) is 0.449. The molecule has 0 aliphatic heterocycles.